The zero-order valence-electron chi connectivity index (χ0n) is 16.8. The molecule has 0 amide bonds. The Bertz CT molecular complexity index is 673. The highest BCUT2D eigenvalue weighted by Gasteiger charge is 2.17. The normalized spacial score (nSPS) is 10.8. The van der Waals surface area contributed by atoms with Crippen molar-refractivity contribution in [3.8, 4) is 11.5 Å². The Hall–Kier alpha value is -2.30. The number of hydrogen-bond acceptors (Lipinski definition) is 4. The van der Waals surface area contributed by atoms with Gasteiger partial charge < -0.3 is 9.47 Å². The number of aromatic nitrogens is 2. The van der Waals surface area contributed by atoms with E-state index in [4.69, 9.17) is 9.47 Å². The van der Waals surface area contributed by atoms with Gasteiger partial charge in [0.15, 0.2) is 0 Å². The fourth-order valence-electron chi connectivity index (χ4n) is 3.04. The molecule has 0 aliphatic rings. The summed E-state index contributed by atoms with van der Waals surface area (Å²) in [5.74, 6) is 0.902. The summed E-state index contributed by atoms with van der Waals surface area (Å²) >= 11 is 0. The molecule has 0 spiro atoms. The monoisotopic (exact) mass is 372 g/mol. The van der Waals surface area contributed by atoms with Gasteiger partial charge in [0, 0.05) is 5.69 Å². The molecule has 0 saturated carbocycles. The van der Waals surface area contributed by atoms with E-state index in [9.17, 15) is 4.79 Å². The minimum atomic E-state index is -0.397. The maximum atomic E-state index is 12.2. The number of aromatic amines is 1. The van der Waals surface area contributed by atoms with Crippen LogP contribution in [0.3, 0.4) is 0 Å². The molecule has 5 heteroatoms. The van der Waals surface area contributed by atoms with Crippen LogP contribution in [0.2, 0.25) is 0 Å². The van der Waals surface area contributed by atoms with E-state index in [1.165, 1.54) is 44.9 Å². The molecule has 0 aliphatic carbocycles. The van der Waals surface area contributed by atoms with Gasteiger partial charge in [-0.25, -0.2) is 4.79 Å². The topological polar surface area (TPSA) is 64.2 Å². The Labute approximate surface area is 162 Å². The zero-order valence-corrected chi connectivity index (χ0v) is 16.8. The third-order valence-electron chi connectivity index (χ3n) is 4.63. The molecule has 5 nitrogen and oxygen atoms in total. The molecular weight excluding hydrogens is 340 g/mol. The number of carbonyl (C=O) groups excluding carboxylic acids is 1. The van der Waals surface area contributed by atoms with E-state index in [1.54, 1.807) is 26.0 Å². The summed E-state index contributed by atoms with van der Waals surface area (Å²) < 4.78 is 11.2. The second kappa shape index (κ2) is 11.4. The van der Waals surface area contributed by atoms with Crippen LogP contribution in [0.5, 0.6) is 11.5 Å². The zero-order chi connectivity index (χ0) is 19.5. The van der Waals surface area contributed by atoms with Crippen LogP contribution >= 0.6 is 0 Å². The van der Waals surface area contributed by atoms with E-state index in [0.717, 1.165) is 18.8 Å². The summed E-state index contributed by atoms with van der Waals surface area (Å²) in [5, 5.41) is 6.81. The number of nitrogens with one attached hydrogen (secondary N) is 1. The van der Waals surface area contributed by atoms with Crippen LogP contribution in [0.1, 0.15) is 80.0 Å². The molecule has 27 heavy (non-hydrogen) atoms. The van der Waals surface area contributed by atoms with Crippen molar-refractivity contribution in [2.45, 2.75) is 72.1 Å². The SMILES string of the molecule is CCCCCCCCCCOc1ccc(OC(=O)c2c(C)n[nH]c2C)cc1. The van der Waals surface area contributed by atoms with Gasteiger partial charge in [-0.15, -0.1) is 0 Å². The molecular formula is C22H32N2O3. The van der Waals surface area contributed by atoms with Crippen molar-refractivity contribution in [1.29, 1.82) is 0 Å². The molecule has 0 saturated heterocycles. The average Bonchev–Trinajstić information content (AvgIpc) is 3.00. The van der Waals surface area contributed by atoms with Crippen LogP contribution in [0.15, 0.2) is 24.3 Å². The molecule has 2 aromatic rings. The lowest BCUT2D eigenvalue weighted by Crippen LogP contribution is -2.10. The van der Waals surface area contributed by atoms with Crippen LogP contribution in [-0.2, 0) is 0 Å². The molecule has 1 N–H and O–H groups in total. The fourth-order valence-corrected chi connectivity index (χ4v) is 3.04. The predicted molar refractivity (Wildman–Crippen MR) is 108 cm³/mol. The molecule has 1 aromatic heterocycles. The third kappa shape index (κ3) is 7.08. The second-order valence-electron chi connectivity index (χ2n) is 6.99. The van der Waals surface area contributed by atoms with Crippen molar-refractivity contribution in [3.63, 3.8) is 0 Å². The number of nitrogens with zero attached hydrogens (tertiary/aromatic N) is 1. The molecule has 0 aliphatic heterocycles. The number of hydrogen-bond donors (Lipinski definition) is 1. The van der Waals surface area contributed by atoms with Gasteiger partial charge >= 0.3 is 5.97 Å². The number of carbonyl (C=O) groups is 1. The Morgan fingerprint density at radius 2 is 1.52 bits per heavy atom. The summed E-state index contributed by atoms with van der Waals surface area (Å²) in [7, 11) is 0. The molecule has 148 valence electrons. The Kier molecular flexibility index (Phi) is 8.89. The van der Waals surface area contributed by atoms with Gasteiger partial charge in [-0.1, -0.05) is 51.9 Å². The number of aryl methyl sites for hydroxylation is 2. The van der Waals surface area contributed by atoms with E-state index in [2.05, 4.69) is 17.1 Å². The van der Waals surface area contributed by atoms with Crippen molar-refractivity contribution >= 4 is 5.97 Å². The van der Waals surface area contributed by atoms with E-state index < -0.39 is 5.97 Å². The van der Waals surface area contributed by atoms with Crippen LogP contribution < -0.4 is 9.47 Å². The summed E-state index contributed by atoms with van der Waals surface area (Å²) in [6, 6.07) is 7.18. The molecule has 1 heterocycles. The number of H-pyrrole nitrogens is 1. The summed E-state index contributed by atoms with van der Waals surface area (Å²) in [5.41, 5.74) is 1.84. The first-order valence-corrected chi connectivity index (χ1v) is 10.1. The number of benzene rings is 1. The first kappa shape index (κ1) is 21.0. The van der Waals surface area contributed by atoms with Gasteiger partial charge in [0.1, 0.15) is 17.1 Å². The van der Waals surface area contributed by atoms with Gasteiger partial charge in [0.2, 0.25) is 0 Å². The third-order valence-corrected chi connectivity index (χ3v) is 4.63. The van der Waals surface area contributed by atoms with Crippen molar-refractivity contribution < 1.29 is 14.3 Å². The number of ether oxygens (including phenoxy) is 2. The number of rotatable bonds is 12. The second-order valence-corrected chi connectivity index (χ2v) is 6.99. The lowest BCUT2D eigenvalue weighted by Gasteiger charge is -2.08. The van der Waals surface area contributed by atoms with Crippen LogP contribution in [0.25, 0.3) is 0 Å². The lowest BCUT2D eigenvalue weighted by molar-refractivity contribution is 0.0733. The van der Waals surface area contributed by atoms with E-state index in [0.29, 0.717) is 22.7 Å². The fraction of sp³-hybridized carbons (Fsp3) is 0.545. The standard InChI is InChI=1S/C22H32N2O3/c1-4-5-6-7-8-9-10-11-16-26-19-12-14-20(15-13-19)27-22(25)21-17(2)23-24-18(21)3/h12-15H,4-11,16H2,1-3H3,(H,23,24). The highest BCUT2D eigenvalue weighted by molar-refractivity contribution is 5.93. The van der Waals surface area contributed by atoms with Crippen LogP contribution in [-0.4, -0.2) is 22.8 Å². The van der Waals surface area contributed by atoms with E-state index in [1.807, 2.05) is 12.1 Å². The van der Waals surface area contributed by atoms with E-state index in [-0.39, 0.29) is 0 Å². The summed E-state index contributed by atoms with van der Waals surface area (Å²) in [4.78, 5) is 12.2. The van der Waals surface area contributed by atoms with Crippen molar-refractivity contribution in [1.82, 2.24) is 10.2 Å². The smallest absolute Gasteiger partial charge is 0.347 e. The maximum Gasteiger partial charge on any atom is 0.347 e. The van der Waals surface area contributed by atoms with Gasteiger partial charge in [0.25, 0.3) is 0 Å². The van der Waals surface area contributed by atoms with Gasteiger partial charge in [-0.05, 0) is 44.5 Å². The summed E-state index contributed by atoms with van der Waals surface area (Å²) in [6.45, 7) is 6.55. The van der Waals surface area contributed by atoms with E-state index >= 15 is 0 Å². The highest BCUT2D eigenvalue weighted by atomic mass is 16.5. The molecule has 1 aromatic carbocycles. The Morgan fingerprint density at radius 1 is 0.926 bits per heavy atom. The van der Waals surface area contributed by atoms with Crippen molar-refractivity contribution in [2.24, 2.45) is 0 Å². The van der Waals surface area contributed by atoms with Gasteiger partial charge in [-0.2, -0.15) is 5.10 Å². The van der Waals surface area contributed by atoms with Crippen LogP contribution in [0, 0.1) is 13.8 Å². The van der Waals surface area contributed by atoms with Gasteiger partial charge in [-0.3, -0.25) is 5.10 Å². The maximum absolute atomic E-state index is 12.2. The number of unbranched alkanes of at least 4 members (excludes halogenated alkanes) is 7. The first-order chi connectivity index (χ1) is 13.1. The average molecular weight is 373 g/mol. The minimum Gasteiger partial charge on any atom is -0.494 e. The molecule has 0 unspecified atom stereocenters. The minimum absolute atomic E-state index is 0.397. The molecule has 0 fully saturated rings. The highest BCUT2D eigenvalue weighted by Crippen LogP contribution is 2.20. The molecule has 0 radical (unpaired) electrons. The van der Waals surface area contributed by atoms with Crippen molar-refractivity contribution in [2.75, 3.05) is 6.61 Å². The first-order valence-electron chi connectivity index (χ1n) is 10.1. The van der Waals surface area contributed by atoms with Gasteiger partial charge in [0.05, 0.1) is 12.3 Å². The molecule has 2 rings (SSSR count). The quantitative estimate of drug-likeness (QED) is 0.292. The molecule has 0 atom stereocenters. The largest absolute Gasteiger partial charge is 0.494 e. The number of esters is 1. The van der Waals surface area contributed by atoms with Crippen molar-refractivity contribution in [3.05, 3.63) is 41.2 Å². The summed E-state index contributed by atoms with van der Waals surface area (Å²) in [6.07, 6.45) is 10.3. The predicted octanol–water partition coefficient (Wildman–Crippen LogP) is 5.77. The Morgan fingerprint density at radius 3 is 2.11 bits per heavy atom. The molecule has 0 bridgehead atoms. The van der Waals surface area contributed by atoms with Crippen LogP contribution in [0.4, 0.5) is 0 Å². The Balaban J connectivity index is 1.66. The lowest BCUT2D eigenvalue weighted by atomic mass is 10.1.